The Kier molecular flexibility index (Phi) is 6.56. The van der Waals surface area contributed by atoms with Crippen molar-refractivity contribution in [3.63, 3.8) is 0 Å². The minimum atomic E-state index is -4.74. The van der Waals surface area contributed by atoms with Crippen LogP contribution in [-0.4, -0.2) is 39.6 Å². The van der Waals surface area contributed by atoms with Crippen molar-refractivity contribution in [1.82, 2.24) is 14.5 Å². The number of benzene rings is 1. The number of aromatic nitrogens is 3. The van der Waals surface area contributed by atoms with Crippen molar-refractivity contribution in [2.24, 2.45) is 0 Å². The second kappa shape index (κ2) is 8.98. The summed E-state index contributed by atoms with van der Waals surface area (Å²) in [6.45, 7) is 0.136. The van der Waals surface area contributed by atoms with E-state index in [9.17, 15) is 22.5 Å². The lowest BCUT2D eigenvalue weighted by Gasteiger charge is -2.13. The Labute approximate surface area is 178 Å². The van der Waals surface area contributed by atoms with Gasteiger partial charge in [-0.15, -0.1) is 0 Å². The first kappa shape index (κ1) is 22.6. The van der Waals surface area contributed by atoms with E-state index in [1.165, 1.54) is 43.4 Å². The lowest BCUT2D eigenvalue weighted by molar-refractivity contribution is -0.141. The molecule has 1 atom stereocenters. The summed E-state index contributed by atoms with van der Waals surface area (Å²) in [5.74, 6) is 0.998. The van der Waals surface area contributed by atoms with Crippen molar-refractivity contribution in [1.29, 1.82) is 0 Å². The van der Waals surface area contributed by atoms with Gasteiger partial charge in [0, 0.05) is 29.0 Å². The minimum absolute atomic E-state index is 0.0893. The van der Waals surface area contributed by atoms with E-state index in [0.717, 1.165) is 6.07 Å². The molecule has 0 saturated carbocycles. The standard InChI is InChI=1S/C20H18F3N3O4S/c1-29-15-6-4-12(8-16(15)30-2)10-26-11-13(5-7-18(26)27)14-9-17(20(21,22)23)25-19(24-14)31(3)28/h4-9,11H,10H2,1-3H3. The largest absolute Gasteiger partial charge is 0.609 e. The Balaban J connectivity index is 2.04. The zero-order chi connectivity index (χ0) is 22.8. The molecule has 0 aliphatic rings. The number of alkyl halides is 3. The van der Waals surface area contributed by atoms with Gasteiger partial charge >= 0.3 is 11.3 Å². The summed E-state index contributed by atoms with van der Waals surface area (Å²) in [5.41, 5.74) is -0.692. The number of nitrogens with zero attached hydrogens (tertiary/aromatic N) is 3. The molecule has 0 fully saturated rings. The van der Waals surface area contributed by atoms with E-state index in [0.29, 0.717) is 17.1 Å². The summed E-state index contributed by atoms with van der Waals surface area (Å²) in [4.78, 5) is 19.7. The SMILES string of the molecule is COc1ccc(Cn2cc(-c3cc(C(F)(F)F)nc([S+](C)[O-])n3)ccc2=O)cc1OC. The molecule has 1 unspecified atom stereocenters. The van der Waals surface area contributed by atoms with Gasteiger partial charge in [0.05, 0.1) is 26.5 Å². The van der Waals surface area contributed by atoms with Gasteiger partial charge in [0.1, 0.15) is 6.26 Å². The smallest absolute Gasteiger partial charge is 0.433 e. The summed E-state index contributed by atoms with van der Waals surface area (Å²) >= 11 is -1.82. The Hall–Kier alpha value is -3.05. The van der Waals surface area contributed by atoms with Gasteiger partial charge in [-0.3, -0.25) is 4.79 Å². The normalized spacial score (nSPS) is 12.5. The number of halogens is 3. The number of pyridine rings is 1. The van der Waals surface area contributed by atoms with Gasteiger partial charge in [-0.25, -0.2) is 0 Å². The van der Waals surface area contributed by atoms with Crippen molar-refractivity contribution in [2.75, 3.05) is 20.5 Å². The molecule has 3 rings (SSSR count). The van der Waals surface area contributed by atoms with Gasteiger partial charge in [0.25, 0.3) is 5.56 Å². The van der Waals surface area contributed by atoms with Crippen molar-refractivity contribution < 1.29 is 27.2 Å². The van der Waals surface area contributed by atoms with Gasteiger partial charge in [-0.2, -0.15) is 23.1 Å². The van der Waals surface area contributed by atoms with Gasteiger partial charge < -0.3 is 18.6 Å². The lowest BCUT2D eigenvalue weighted by atomic mass is 10.1. The fourth-order valence-corrected chi connectivity index (χ4v) is 3.28. The van der Waals surface area contributed by atoms with E-state index >= 15 is 0 Å². The van der Waals surface area contributed by atoms with Crippen LogP contribution in [0.15, 0.2) is 52.5 Å². The summed E-state index contributed by atoms with van der Waals surface area (Å²) in [6, 6.07) is 8.48. The van der Waals surface area contributed by atoms with Gasteiger partial charge in [-0.1, -0.05) is 6.07 Å². The fourth-order valence-electron chi connectivity index (χ4n) is 2.83. The fraction of sp³-hybridized carbons (Fsp3) is 0.250. The molecule has 3 aromatic rings. The van der Waals surface area contributed by atoms with Gasteiger partial charge in [-0.05, 0) is 29.8 Å². The van der Waals surface area contributed by atoms with E-state index in [-0.39, 0.29) is 23.4 Å². The predicted molar refractivity (Wildman–Crippen MR) is 108 cm³/mol. The Morgan fingerprint density at radius 3 is 2.39 bits per heavy atom. The maximum atomic E-state index is 13.2. The Morgan fingerprint density at radius 1 is 1.06 bits per heavy atom. The second-order valence-corrected chi connectivity index (χ2v) is 7.72. The molecule has 31 heavy (non-hydrogen) atoms. The monoisotopic (exact) mass is 453 g/mol. The highest BCUT2D eigenvalue weighted by Gasteiger charge is 2.35. The van der Waals surface area contributed by atoms with Crippen LogP contribution in [0.4, 0.5) is 13.2 Å². The topological polar surface area (TPSA) is 89.3 Å². The van der Waals surface area contributed by atoms with E-state index in [1.807, 2.05) is 0 Å². The van der Waals surface area contributed by atoms with Crippen LogP contribution in [0.5, 0.6) is 11.5 Å². The van der Waals surface area contributed by atoms with Crippen LogP contribution in [0.3, 0.4) is 0 Å². The van der Waals surface area contributed by atoms with E-state index in [4.69, 9.17) is 9.47 Å². The molecule has 7 nitrogen and oxygen atoms in total. The molecule has 0 bridgehead atoms. The van der Waals surface area contributed by atoms with Crippen molar-refractivity contribution in [2.45, 2.75) is 17.9 Å². The third kappa shape index (κ3) is 5.17. The molecule has 0 N–H and O–H groups in total. The number of rotatable bonds is 6. The number of methoxy groups -OCH3 is 2. The molecule has 2 aromatic heterocycles. The van der Waals surface area contributed by atoms with Crippen LogP contribution < -0.4 is 15.0 Å². The predicted octanol–water partition coefficient (Wildman–Crippen LogP) is 3.13. The maximum Gasteiger partial charge on any atom is 0.433 e. The van der Waals surface area contributed by atoms with Crippen LogP contribution in [0, 0.1) is 0 Å². The first-order valence-corrected chi connectivity index (χ1v) is 10.4. The highest BCUT2D eigenvalue weighted by atomic mass is 32.2. The van der Waals surface area contributed by atoms with Crippen LogP contribution in [0.25, 0.3) is 11.3 Å². The average molecular weight is 453 g/mol. The summed E-state index contributed by atoms with van der Waals surface area (Å²) in [5, 5.41) is -0.442. The molecular weight excluding hydrogens is 435 g/mol. The van der Waals surface area contributed by atoms with Crippen LogP contribution in [0.2, 0.25) is 0 Å². The second-order valence-electron chi connectivity index (χ2n) is 6.45. The third-order valence-corrected chi connectivity index (χ3v) is 5.03. The first-order valence-electron chi connectivity index (χ1n) is 8.84. The van der Waals surface area contributed by atoms with Gasteiger partial charge in [0.15, 0.2) is 17.2 Å². The summed E-state index contributed by atoms with van der Waals surface area (Å²) in [6.07, 6.45) is -2.15. The zero-order valence-electron chi connectivity index (χ0n) is 16.8. The van der Waals surface area contributed by atoms with E-state index in [2.05, 4.69) is 9.97 Å². The Morgan fingerprint density at radius 2 is 1.77 bits per heavy atom. The molecular formula is C20H18F3N3O4S. The Bertz CT molecular complexity index is 1150. The molecule has 0 spiro atoms. The van der Waals surface area contributed by atoms with E-state index in [1.54, 1.807) is 18.2 Å². The molecule has 164 valence electrons. The van der Waals surface area contributed by atoms with Gasteiger partial charge in [0.2, 0.25) is 0 Å². The molecule has 11 heteroatoms. The van der Waals surface area contributed by atoms with Crippen molar-refractivity contribution >= 4 is 11.2 Å². The molecule has 0 radical (unpaired) electrons. The molecule has 0 amide bonds. The van der Waals surface area contributed by atoms with Crippen LogP contribution in [0.1, 0.15) is 11.3 Å². The molecule has 1 aromatic carbocycles. The molecule has 0 aliphatic carbocycles. The van der Waals surface area contributed by atoms with Crippen molar-refractivity contribution in [3.8, 4) is 22.8 Å². The highest BCUT2D eigenvalue weighted by molar-refractivity contribution is 7.90. The number of ether oxygens (including phenoxy) is 2. The maximum absolute atomic E-state index is 13.2. The highest BCUT2D eigenvalue weighted by Crippen LogP contribution is 2.31. The van der Waals surface area contributed by atoms with Crippen LogP contribution >= 0.6 is 0 Å². The lowest BCUT2D eigenvalue weighted by Crippen LogP contribution is -2.19. The summed E-state index contributed by atoms with van der Waals surface area (Å²) < 4.78 is 63.2. The number of hydrogen-bond acceptors (Lipinski definition) is 6. The average Bonchev–Trinajstić information content (AvgIpc) is 2.74. The molecule has 2 heterocycles. The minimum Gasteiger partial charge on any atom is -0.609 e. The van der Waals surface area contributed by atoms with Crippen LogP contribution in [-0.2, 0) is 23.9 Å². The first-order chi connectivity index (χ1) is 14.6. The summed E-state index contributed by atoms with van der Waals surface area (Å²) in [7, 11) is 2.98. The molecule has 0 aliphatic heterocycles. The van der Waals surface area contributed by atoms with Crippen molar-refractivity contribution in [3.05, 3.63) is 64.2 Å². The third-order valence-electron chi connectivity index (χ3n) is 4.33. The number of hydrogen-bond donors (Lipinski definition) is 0. The molecule has 0 saturated heterocycles. The zero-order valence-corrected chi connectivity index (χ0v) is 17.6. The quantitative estimate of drug-likeness (QED) is 0.421. The van der Waals surface area contributed by atoms with E-state index < -0.39 is 28.2 Å².